The van der Waals surface area contributed by atoms with Crippen molar-refractivity contribution in [3.63, 3.8) is 0 Å². The fraction of sp³-hybridized carbons (Fsp3) is 0.412. The second-order valence-electron chi connectivity index (χ2n) is 6.24. The largest absolute Gasteiger partial charge is 0.324 e. The quantitative estimate of drug-likeness (QED) is 0.906. The first-order valence-corrected chi connectivity index (χ1v) is 7.85. The SMILES string of the molecule is Cn1ncc(CNC2Cc3ccccc3NC2=O)c1C1CC1. The predicted molar refractivity (Wildman–Crippen MR) is 84.6 cm³/mol. The molecule has 1 fully saturated rings. The van der Waals surface area contributed by atoms with Gasteiger partial charge in [-0.1, -0.05) is 18.2 Å². The third kappa shape index (κ3) is 2.41. The third-order valence-electron chi connectivity index (χ3n) is 4.58. The molecule has 5 heteroatoms. The number of rotatable bonds is 4. The smallest absolute Gasteiger partial charge is 0.241 e. The predicted octanol–water partition coefficient (Wildman–Crippen LogP) is 1.95. The van der Waals surface area contributed by atoms with Crippen LogP contribution < -0.4 is 10.6 Å². The van der Waals surface area contributed by atoms with Gasteiger partial charge in [-0.2, -0.15) is 5.10 Å². The number of nitrogens with zero attached hydrogens (tertiary/aromatic N) is 2. The van der Waals surface area contributed by atoms with Crippen LogP contribution in [0.2, 0.25) is 0 Å². The van der Waals surface area contributed by atoms with E-state index in [-0.39, 0.29) is 11.9 Å². The normalized spacial score (nSPS) is 20.6. The van der Waals surface area contributed by atoms with Gasteiger partial charge in [0.2, 0.25) is 5.91 Å². The van der Waals surface area contributed by atoms with Crippen LogP contribution in [-0.2, 0) is 24.8 Å². The van der Waals surface area contributed by atoms with E-state index in [0.717, 1.165) is 12.1 Å². The lowest BCUT2D eigenvalue weighted by atomic mass is 9.99. The number of carbonyl (C=O) groups is 1. The van der Waals surface area contributed by atoms with Crippen LogP contribution in [0.15, 0.2) is 30.5 Å². The van der Waals surface area contributed by atoms with Crippen LogP contribution in [0, 0.1) is 0 Å². The zero-order valence-electron chi connectivity index (χ0n) is 12.7. The molecule has 1 aliphatic heterocycles. The van der Waals surface area contributed by atoms with Crippen molar-refractivity contribution < 1.29 is 4.79 Å². The summed E-state index contributed by atoms with van der Waals surface area (Å²) >= 11 is 0. The summed E-state index contributed by atoms with van der Waals surface area (Å²) in [6.07, 6.45) is 5.17. The molecule has 2 heterocycles. The van der Waals surface area contributed by atoms with E-state index in [4.69, 9.17) is 0 Å². The van der Waals surface area contributed by atoms with Crippen LogP contribution >= 0.6 is 0 Å². The van der Waals surface area contributed by atoms with Crippen LogP contribution in [0.3, 0.4) is 0 Å². The Hall–Kier alpha value is -2.14. The van der Waals surface area contributed by atoms with Gasteiger partial charge in [0.1, 0.15) is 0 Å². The molecule has 4 rings (SSSR count). The first-order chi connectivity index (χ1) is 10.7. The molecule has 0 spiro atoms. The Morgan fingerprint density at radius 3 is 3.00 bits per heavy atom. The number of hydrogen-bond acceptors (Lipinski definition) is 3. The number of nitrogens with one attached hydrogen (secondary N) is 2. The lowest BCUT2D eigenvalue weighted by Gasteiger charge is -2.25. The number of amides is 1. The highest BCUT2D eigenvalue weighted by molar-refractivity contribution is 5.97. The maximum atomic E-state index is 12.2. The van der Waals surface area contributed by atoms with Gasteiger partial charge in [-0.05, 0) is 30.9 Å². The summed E-state index contributed by atoms with van der Waals surface area (Å²) in [6, 6.07) is 7.81. The fourth-order valence-electron chi connectivity index (χ4n) is 3.26. The van der Waals surface area contributed by atoms with Gasteiger partial charge in [0, 0.05) is 36.5 Å². The van der Waals surface area contributed by atoms with Crippen molar-refractivity contribution in [1.82, 2.24) is 15.1 Å². The van der Waals surface area contributed by atoms with E-state index in [2.05, 4.69) is 21.8 Å². The molecule has 1 saturated carbocycles. The monoisotopic (exact) mass is 296 g/mol. The number of carbonyl (C=O) groups excluding carboxylic acids is 1. The first kappa shape index (κ1) is 13.5. The Kier molecular flexibility index (Phi) is 3.22. The number of hydrogen-bond donors (Lipinski definition) is 2. The Balaban J connectivity index is 1.47. The highest BCUT2D eigenvalue weighted by Gasteiger charge is 2.30. The van der Waals surface area contributed by atoms with Crippen LogP contribution in [0.25, 0.3) is 0 Å². The van der Waals surface area contributed by atoms with E-state index in [1.807, 2.05) is 36.1 Å². The molecular formula is C17H20N4O. The molecule has 5 nitrogen and oxygen atoms in total. The summed E-state index contributed by atoms with van der Waals surface area (Å²) in [4.78, 5) is 12.2. The molecule has 0 radical (unpaired) electrons. The van der Waals surface area contributed by atoms with Crippen molar-refractivity contribution in [1.29, 1.82) is 0 Å². The minimum absolute atomic E-state index is 0.0514. The van der Waals surface area contributed by atoms with E-state index < -0.39 is 0 Å². The average Bonchev–Trinajstić information content (AvgIpc) is 3.28. The summed E-state index contributed by atoms with van der Waals surface area (Å²) in [7, 11) is 2.00. The molecule has 2 aliphatic rings. The summed E-state index contributed by atoms with van der Waals surface area (Å²) in [6.45, 7) is 0.694. The number of fused-ring (bicyclic) bond motifs is 1. The summed E-state index contributed by atoms with van der Waals surface area (Å²) in [5.74, 6) is 0.709. The van der Waals surface area contributed by atoms with Crippen molar-refractivity contribution in [2.45, 2.75) is 37.8 Å². The maximum absolute atomic E-state index is 12.2. The lowest BCUT2D eigenvalue weighted by molar-refractivity contribution is -0.118. The Labute approximate surface area is 129 Å². The molecule has 2 aromatic rings. The van der Waals surface area contributed by atoms with Gasteiger partial charge >= 0.3 is 0 Å². The summed E-state index contributed by atoms with van der Waals surface area (Å²) in [5.41, 5.74) is 4.67. The van der Waals surface area contributed by atoms with Gasteiger partial charge in [0.25, 0.3) is 0 Å². The maximum Gasteiger partial charge on any atom is 0.241 e. The van der Waals surface area contributed by atoms with E-state index in [9.17, 15) is 4.79 Å². The third-order valence-corrected chi connectivity index (χ3v) is 4.58. The minimum Gasteiger partial charge on any atom is -0.324 e. The molecule has 2 N–H and O–H groups in total. The highest BCUT2D eigenvalue weighted by Crippen LogP contribution is 2.41. The molecule has 0 saturated heterocycles. The number of aryl methyl sites for hydroxylation is 1. The molecule has 114 valence electrons. The van der Waals surface area contributed by atoms with Gasteiger partial charge in [-0.25, -0.2) is 0 Å². The molecule has 1 aromatic carbocycles. The standard InChI is InChI=1S/C17H20N4O/c1-21-16(11-6-7-11)13(10-19-21)9-18-15-8-12-4-2-3-5-14(12)20-17(15)22/h2-5,10-11,15,18H,6-9H2,1H3,(H,20,22). The molecular weight excluding hydrogens is 276 g/mol. The van der Waals surface area contributed by atoms with Crippen molar-refractivity contribution in [3.05, 3.63) is 47.3 Å². The number of aromatic nitrogens is 2. The lowest BCUT2D eigenvalue weighted by Crippen LogP contribution is -2.44. The Morgan fingerprint density at radius 2 is 2.18 bits per heavy atom. The molecule has 22 heavy (non-hydrogen) atoms. The van der Waals surface area contributed by atoms with Gasteiger partial charge in [-0.15, -0.1) is 0 Å². The van der Waals surface area contributed by atoms with Crippen LogP contribution in [0.4, 0.5) is 5.69 Å². The van der Waals surface area contributed by atoms with Crippen molar-refractivity contribution in [3.8, 4) is 0 Å². The van der Waals surface area contributed by atoms with E-state index in [1.165, 1.54) is 29.7 Å². The van der Waals surface area contributed by atoms with Crippen molar-refractivity contribution in [2.24, 2.45) is 7.05 Å². The van der Waals surface area contributed by atoms with Crippen LogP contribution in [0.1, 0.15) is 35.6 Å². The van der Waals surface area contributed by atoms with Crippen LogP contribution in [-0.4, -0.2) is 21.7 Å². The zero-order chi connectivity index (χ0) is 15.1. The van der Waals surface area contributed by atoms with Gasteiger partial charge in [-0.3, -0.25) is 9.48 Å². The van der Waals surface area contributed by atoms with E-state index in [1.54, 1.807) is 0 Å². The van der Waals surface area contributed by atoms with Crippen molar-refractivity contribution in [2.75, 3.05) is 5.32 Å². The van der Waals surface area contributed by atoms with Gasteiger partial charge in [0.05, 0.1) is 12.2 Å². The summed E-state index contributed by atoms with van der Waals surface area (Å²) in [5, 5.41) is 10.8. The highest BCUT2D eigenvalue weighted by atomic mass is 16.2. The summed E-state index contributed by atoms with van der Waals surface area (Å²) < 4.78 is 1.98. The topological polar surface area (TPSA) is 59.0 Å². The average molecular weight is 296 g/mol. The zero-order valence-corrected chi connectivity index (χ0v) is 12.7. The molecule has 1 aliphatic carbocycles. The second-order valence-corrected chi connectivity index (χ2v) is 6.24. The van der Waals surface area contributed by atoms with Gasteiger partial charge in [0.15, 0.2) is 0 Å². The number of para-hydroxylation sites is 1. The molecule has 1 amide bonds. The molecule has 0 bridgehead atoms. The Bertz CT molecular complexity index is 717. The molecule has 1 aromatic heterocycles. The Morgan fingerprint density at radius 1 is 1.36 bits per heavy atom. The molecule has 1 atom stereocenters. The first-order valence-electron chi connectivity index (χ1n) is 7.85. The second kappa shape index (κ2) is 5.25. The van der Waals surface area contributed by atoms with E-state index in [0.29, 0.717) is 12.5 Å². The number of anilines is 1. The fourth-order valence-corrected chi connectivity index (χ4v) is 3.26. The van der Waals surface area contributed by atoms with Crippen molar-refractivity contribution >= 4 is 11.6 Å². The van der Waals surface area contributed by atoms with Crippen LogP contribution in [0.5, 0.6) is 0 Å². The molecule has 1 unspecified atom stereocenters. The number of benzene rings is 1. The van der Waals surface area contributed by atoms with E-state index >= 15 is 0 Å². The minimum atomic E-state index is -0.179. The van der Waals surface area contributed by atoms with Gasteiger partial charge < -0.3 is 10.6 Å².